The van der Waals surface area contributed by atoms with Gasteiger partial charge < -0.3 is 10.2 Å². The van der Waals surface area contributed by atoms with E-state index in [1.807, 2.05) is 6.92 Å². The van der Waals surface area contributed by atoms with Crippen molar-refractivity contribution in [2.45, 2.75) is 103 Å². The lowest BCUT2D eigenvalue weighted by molar-refractivity contribution is -0.144. The minimum absolute atomic E-state index is 0.224. The number of ketones is 1. The fourth-order valence-corrected chi connectivity index (χ4v) is 8.58. The van der Waals surface area contributed by atoms with Crippen LogP contribution in [0.15, 0.2) is 0 Å². The van der Waals surface area contributed by atoms with E-state index in [0.717, 1.165) is 62.7 Å². The van der Waals surface area contributed by atoms with Crippen LogP contribution in [0.25, 0.3) is 0 Å². The maximum Gasteiger partial charge on any atom is 0.133 e. The fourth-order valence-electron chi connectivity index (χ4n) is 8.58. The Morgan fingerprint density at radius 3 is 2.47 bits per heavy atom. The molecule has 0 aromatic rings. The van der Waals surface area contributed by atoms with Gasteiger partial charge in [0.2, 0.25) is 0 Å². The lowest BCUT2D eigenvalue weighted by atomic mass is 9.44. The van der Waals surface area contributed by atoms with E-state index in [4.69, 9.17) is 5.11 Å². The molecular weight excluding hydrogens is 372 g/mol. The number of unbranched alkanes of at least 4 members (excludes halogenated alkanes) is 2. The first-order chi connectivity index (χ1) is 14.2. The third-order valence-corrected chi connectivity index (χ3v) is 10.2. The molecule has 0 aromatic carbocycles. The minimum atomic E-state index is -0.813. The van der Waals surface area contributed by atoms with Crippen molar-refractivity contribution in [3.05, 3.63) is 0 Å². The second-order valence-corrected chi connectivity index (χ2v) is 11.7. The molecule has 1 unspecified atom stereocenters. The lowest BCUT2D eigenvalue weighted by Gasteiger charge is -2.61. The molecule has 0 saturated heterocycles. The largest absolute Gasteiger partial charge is 0.396 e. The molecule has 0 bridgehead atoms. The summed E-state index contributed by atoms with van der Waals surface area (Å²) in [6.45, 7) is 6.98. The summed E-state index contributed by atoms with van der Waals surface area (Å²) < 4.78 is 0. The second-order valence-electron chi connectivity index (χ2n) is 11.7. The van der Waals surface area contributed by atoms with Gasteiger partial charge in [-0.3, -0.25) is 4.79 Å². The average molecular weight is 415 g/mol. The molecule has 0 aromatic heterocycles. The van der Waals surface area contributed by atoms with Crippen molar-refractivity contribution in [2.75, 3.05) is 6.61 Å². The number of hydrogen-bond donors (Lipinski definition) is 2. The molecule has 0 amide bonds. The molecule has 4 aliphatic rings. The Hall–Kier alpha value is -0.850. The highest BCUT2D eigenvalue weighted by Gasteiger charge is 2.61. The number of aliphatic hydroxyl groups excluding tert-OH is 1. The van der Waals surface area contributed by atoms with Crippen LogP contribution in [0.1, 0.15) is 97.8 Å². The van der Waals surface area contributed by atoms with E-state index in [2.05, 4.69) is 25.7 Å². The Morgan fingerprint density at radius 1 is 0.967 bits per heavy atom. The standard InChI is InChI=1S/C27H42O3/c1-19(29)22-10-11-23-21-9-8-20-18-27(30,13-6-4-5-7-17-28)16-15-25(20,2)24(21)12-14-26(22,23)3/h20-24,28,30H,4-5,7-12,14-18H2,1-3H3/t20?,21-,22+,23-,24-,25-,26+,27+/m0/s1. The SMILES string of the molecule is CC(=O)[C@H]1CC[C@H]2[C@@H]3CCC4C[C@@](O)(C#CCCCCO)CC[C@]4(C)[C@H]3CC[C@]12C. The molecule has 0 heterocycles. The van der Waals surface area contributed by atoms with Crippen LogP contribution in [0.4, 0.5) is 0 Å². The summed E-state index contributed by atoms with van der Waals surface area (Å²) in [6.07, 6.45) is 12.5. The summed E-state index contributed by atoms with van der Waals surface area (Å²) >= 11 is 0. The molecule has 3 heteroatoms. The van der Waals surface area contributed by atoms with E-state index >= 15 is 0 Å². The molecule has 30 heavy (non-hydrogen) atoms. The van der Waals surface area contributed by atoms with Gasteiger partial charge in [-0.15, -0.1) is 5.92 Å². The van der Waals surface area contributed by atoms with Crippen LogP contribution in [0.3, 0.4) is 0 Å². The number of hydrogen-bond acceptors (Lipinski definition) is 3. The first kappa shape index (κ1) is 22.3. The van der Waals surface area contributed by atoms with Gasteiger partial charge in [-0.2, -0.15) is 0 Å². The highest BCUT2D eigenvalue weighted by Crippen LogP contribution is 2.68. The molecule has 4 rings (SSSR count). The topological polar surface area (TPSA) is 57.5 Å². The fraction of sp³-hybridized carbons (Fsp3) is 0.889. The molecule has 0 spiro atoms. The van der Waals surface area contributed by atoms with Crippen molar-refractivity contribution in [2.24, 2.45) is 40.4 Å². The summed E-state index contributed by atoms with van der Waals surface area (Å²) in [6, 6.07) is 0. The van der Waals surface area contributed by atoms with Crippen LogP contribution in [-0.2, 0) is 4.79 Å². The predicted molar refractivity (Wildman–Crippen MR) is 120 cm³/mol. The molecule has 2 N–H and O–H groups in total. The molecule has 8 atom stereocenters. The number of fused-ring (bicyclic) bond motifs is 5. The zero-order valence-electron chi connectivity index (χ0n) is 19.4. The van der Waals surface area contributed by atoms with E-state index in [-0.39, 0.29) is 17.9 Å². The Kier molecular flexibility index (Phi) is 6.15. The first-order valence-corrected chi connectivity index (χ1v) is 12.6. The Balaban J connectivity index is 1.47. The van der Waals surface area contributed by atoms with Gasteiger partial charge in [0, 0.05) is 18.9 Å². The quantitative estimate of drug-likeness (QED) is 0.495. The van der Waals surface area contributed by atoms with Crippen LogP contribution < -0.4 is 0 Å². The molecule has 0 aliphatic heterocycles. The summed E-state index contributed by atoms with van der Waals surface area (Å²) in [5.41, 5.74) is -0.262. The third-order valence-electron chi connectivity index (χ3n) is 10.2. The van der Waals surface area contributed by atoms with Crippen molar-refractivity contribution in [1.82, 2.24) is 0 Å². The maximum atomic E-state index is 12.3. The van der Waals surface area contributed by atoms with Crippen molar-refractivity contribution in [3.8, 4) is 11.8 Å². The Labute approximate surface area is 183 Å². The predicted octanol–water partition coefficient (Wildman–Crippen LogP) is 5.13. The first-order valence-electron chi connectivity index (χ1n) is 12.6. The van der Waals surface area contributed by atoms with Crippen molar-refractivity contribution in [3.63, 3.8) is 0 Å². The molecule has 4 saturated carbocycles. The highest BCUT2D eigenvalue weighted by atomic mass is 16.3. The normalized spacial score (nSPS) is 47.4. The van der Waals surface area contributed by atoms with Crippen LogP contribution in [0.5, 0.6) is 0 Å². The Bertz CT molecular complexity index is 719. The van der Waals surface area contributed by atoms with Crippen molar-refractivity contribution in [1.29, 1.82) is 0 Å². The molecule has 4 aliphatic carbocycles. The van der Waals surface area contributed by atoms with Gasteiger partial charge in [0.05, 0.1) is 0 Å². The van der Waals surface area contributed by atoms with E-state index in [9.17, 15) is 9.90 Å². The zero-order chi connectivity index (χ0) is 21.6. The van der Waals surface area contributed by atoms with Gasteiger partial charge >= 0.3 is 0 Å². The second kappa shape index (κ2) is 8.25. The average Bonchev–Trinajstić information content (AvgIpc) is 3.06. The number of Topliss-reactive ketones (excluding diaryl/α,β-unsaturated/α-hetero) is 1. The van der Waals surface area contributed by atoms with Crippen LogP contribution >= 0.6 is 0 Å². The number of rotatable bonds is 4. The number of carbonyl (C=O) groups is 1. The van der Waals surface area contributed by atoms with E-state index in [1.165, 1.54) is 32.1 Å². The van der Waals surface area contributed by atoms with Gasteiger partial charge in [-0.25, -0.2) is 0 Å². The summed E-state index contributed by atoms with van der Waals surface area (Å²) in [4.78, 5) is 12.3. The lowest BCUT2D eigenvalue weighted by Crippen LogP contribution is -2.56. The molecule has 3 nitrogen and oxygen atoms in total. The molecule has 4 fully saturated rings. The molecule has 0 radical (unpaired) electrons. The smallest absolute Gasteiger partial charge is 0.133 e. The summed E-state index contributed by atoms with van der Waals surface area (Å²) in [5.74, 6) is 9.93. The van der Waals surface area contributed by atoms with E-state index in [0.29, 0.717) is 17.1 Å². The van der Waals surface area contributed by atoms with E-state index in [1.54, 1.807) is 0 Å². The third kappa shape index (κ3) is 3.67. The molecular formula is C27H42O3. The van der Waals surface area contributed by atoms with Gasteiger partial charge in [0.1, 0.15) is 11.4 Å². The monoisotopic (exact) mass is 414 g/mol. The minimum Gasteiger partial charge on any atom is -0.396 e. The van der Waals surface area contributed by atoms with Gasteiger partial charge in [-0.1, -0.05) is 19.8 Å². The van der Waals surface area contributed by atoms with Gasteiger partial charge in [-0.05, 0) is 112 Å². The summed E-state index contributed by atoms with van der Waals surface area (Å²) in [5, 5.41) is 20.1. The molecule has 168 valence electrons. The van der Waals surface area contributed by atoms with E-state index < -0.39 is 5.60 Å². The van der Waals surface area contributed by atoms with Gasteiger partial charge in [0.25, 0.3) is 0 Å². The van der Waals surface area contributed by atoms with Crippen molar-refractivity contribution < 1.29 is 15.0 Å². The van der Waals surface area contributed by atoms with Crippen LogP contribution in [0, 0.1) is 52.3 Å². The zero-order valence-corrected chi connectivity index (χ0v) is 19.4. The maximum absolute atomic E-state index is 12.3. The van der Waals surface area contributed by atoms with Crippen LogP contribution in [0.2, 0.25) is 0 Å². The number of carbonyl (C=O) groups excluding carboxylic acids is 1. The van der Waals surface area contributed by atoms with Crippen LogP contribution in [-0.4, -0.2) is 28.2 Å². The van der Waals surface area contributed by atoms with Gasteiger partial charge in [0.15, 0.2) is 0 Å². The number of aliphatic hydroxyl groups is 2. The van der Waals surface area contributed by atoms with Crippen molar-refractivity contribution >= 4 is 5.78 Å². The highest BCUT2D eigenvalue weighted by molar-refractivity contribution is 5.79. The Morgan fingerprint density at radius 2 is 1.73 bits per heavy atom. The summed E-state index contributed by atoms with van der Waals surface area (Å²) in [7, 11) is 0.